The van der Waals surface area contributed by atoms with Gasteiger partial charge in [0.15, 0.2) is 0 Å². The topological polar surface area (TPSA) is 38.9 Å². The minimum atomic E-state index is -1.75. The van der Waals surface area contributed by atoms with E-state index in [2.05, 4.69) is 4.98 Å². The van der Waals surface area contributed by atoms with Gasteiger partial charge in [-0.2, -0.15) is 4.39 Å². The van der Waals surface area contributed by atoms with Crippen molar-refractivity contribution < 1.29 is 13.2 Å². The zero-order valence-corrected chi connectivity index (χ0v) is 12.0. The van der Waals surface area contributed by atoms with Crippen molar-refractivity contribution in [3.05, 3.63) is 36.3 Å². The summed E-state index contributed by atoms with van der Waals surface area (Å²) in [7, 11) is 0. The van der Waals surface area contributed by atoms with Gasteiger partial charge in [0, 0.05) is 17.1 Å². The van der Waals surface area contributed by atoms with Gasteiger partial charge in [-0.05, 0) is 6.07 Å². The summed E-state index contributed by atoms with van der Waals surface area (Å²) < 4.78 is 32.0. The molecule has 1 aliphatic rings. The lowest BCUT2D eigenvalue weighted by Gasteiger charge is -2.05. The molecular weight excluding hydrogens is 277 g/mol. The second-order valence-corrected chi connectivity index (χ2v) is 4.77. The summed E-state index contributed by atoms with van der Waals surface area (Å²) in [5.41, 5.74) is 6.60. The first-order valence-electron chi connectivity index (χ1n) is 7.11. The molecule has 0 radical (unpaired) electrons. The molecule has 1 saturated carbocycles. The van der Waals surface area contributed by atoms with E-state index in [0.717, 1.165) is 5.39 Å². The molecule has 2 nitrogen and oxygen atoms in total. The maximum atomic E-state index is 12.7. The molecule has 1 aromatic heterocycles. The maximum Gasteiger partial charge on any atom is 0.229 e. The lowest BCUT2D eigenvalue weighted by atomic mass is 10.0. The molecule has 0 amide bonds. The third kappa shape index (κ3) is 6.47. The first kappa shape index (κ1) is 17.3. The number of hydrogen-bond acceptors (Lipinski definition) is 2. The average molecular weight is 298 g/mol. The minimum absolute atomic E-state index is 0.429. The normalized spacial score (nSPS) is 13.7. The van der Waals surface area contributed by atoms with Gasteiger partial charge in [-0.25, -0.2) is 13.8 Å². The van der Waals surface area contributed by atoms with Crippen molar-refractivity contribution in [1.82, 2.24) is 4.98 Å². The van der Waals surface area contributed by atoms with Gasteiger partial charge in [-0.1, -0.05) is 56.7 Å². The Morgan fingerprint density at radius 1 is 0.952 bits per heavy atom. The van der Waals surface area contributed by atoms with Crippen LogP contribution in [0, 0.1) is 5.95 Å². The molecule has 2 N–H and O–H groups in total. The summed E-state index contributed by atoms with van der Waals surface area (Å²) in [6.07, 6.45) is 9.00. The monoisotopic (exact) mass is 298 g/mol. The summed E-state index contributed by atoms with van der Waals surface area (Å²) in [5, 5.41) is 0.791. The molecule has 116 valence electrons. The molecule has 0 aliphatic heterocycles. The highest BCUT2D eigenvalue weighted by atomic mass is 19.3. The number of para-hydroxylation sites is 1. The van der Waals surface area contributed by atoms with Crippen molar-refractivity contribution in [2.75, 3.05) is 12.7 Å². The largest absolute Gasteiger partial charge is 0.398 e. The number of anilines is 1. The van der Waals surface area contributed by atoms with Crippen LogP contribution in [-0.2, 0) is 0 Å². The molecule has 21 heavy (non-hydrogen) atoms. The van der Waals surface area contributed by atoms with Crippen LogP contribution >= 0.6 is 0 Å². The molecular formula is C16H21F3N2. The molecule has 2 aromatic rings. The average Bonchev–Trinajstić information content (AvgIpc) is 2.50. The summed E-state index contributed by atoms with van der Waals surface area (Å²) in [6, 6.07) is 8.42. The number of nitrogens with two attached hydrogens (primary N) is 1. The van der Waals surface area contributed by atoms with Crippen LogP contribution in [0.5, 0.6) is 0 Å². The standard InChI is InChI=1S/C9H7FN2.C6H12.CH2F2/c10-9-5-7(11)6-3-1-2-4-8(6)12-9;1-2-4-6-5-3-1;2-1-3/h1-5H,(H2,11,12);1-6H2;1H2. The van der Waals surface area contributed by atoms with Gasteiger partial charge < -0.3 is 5.73 Å². The highest BCUT2D eigenvalue weighted by Crippen LogP contribution is 2.18. The number of rotatable bonds is 0. The predicted molar refractivity (Wildman–Crippen MR) is 80.9 cm³/mol. The number of hydrogen-bond donors (Lipinski definition) is 1. The zero-order valence-electron chi connectivity index (χ0n) is 12.0. The van der Waals surface area contributed by atoms with Crippen LogP contribution in [0.2, 0.25) is 0 Å². The second-order valence-electron chi connectivity index (χ2n) is 4.77. The Morgan fingerprint density at radius 3 is 1.95 bits per heavy atom. The number of halogens is 3. The molecule has 0 saturated heterocycles. The highest BCUT2D eigenvalue weighted by Gasteiger charge is 2.00. The Labute approximate surface area is 123 Å². The van der Waals surface area contributed by atoms with Crippen molar-refractivity contribution in [3.8, 4) is 0 Å². The Morgan fingerprint density at radius 2 is 1.43 bits per heavy atom. The second kappa shape index (κ2) is 10.0. The fourth-order valence-corrected chi connectivity index (χ4v) is 2.23. The quantitative estimate of drug-likeness (QED) is 0.681. The number of aromatic nitrogens is 1. The smallest absolute Gasteiger partial charge is 0.229 e. The van der Waals surface area contributed by atoms with E-state index >= 15 is 0 Å². The molecule has 1 aromatic carbocycles. The number of nitrogens with zero attached hydrogens (tertiary/aromatic N) is 1. The van der Waals surface area contributed by atoms with Crippen LogP contribution < -0.4 is 5.73 Å². The third-order valence-corrected chi connectivity index (χ3v) is 3.22. The van der Waals surface area contributed by atoms with E-state index in [1.54, 1.807) is 12.1 Å². The predicted octanol–water partition coefficient (Wildman–Crippen LogP) is 5.18. The van der Waals surface area contributed by atoms with E-state index in [4.69, 9.17) is 5.73 Å². The van der Waals surface area contributed by atoms with E-state index in [0.29, 0.717) is 11.2 Å². The van der Waals surface area contributed by atoms with Gasteiger partial charge in [0.25, 0.3) is 0 Å². The summed E-state index contributed by atoms with van der Waals surface area (Å²) in [5.74, 6) is -0.536. The van der Waals surface area contributed by atoms with E-state index in [1.165, 1.54) is 44.6 Å². The van der Waals surface area contributed by atoms with Crippen molar-refractivity contribution in [3.63, 3.8) is 0 Å². The molecule has 0 spiro atoms. The summed E-state index contributed by atoms with van der Waals surface area (Å²) in [4.78, 5) is 3.69. The van der Waals surface area contributed by atoms with Crippen LogP contribution in [0.15, 0.2) is 30.3 Å². The molecule has 1 aliphatic carbocycles. The van der Waals surface area contributed by atoms with Gasteiger partial charge >= 0.3 is 0 Å². The third-order valence-electron chi connectivity index (χ3n) is 3.22. The molecule has 0 atom stereocenters. The van der Waals surface area contributed by atoms with Crippen molar-refractivity contribution >= 4 is 16.6 Å². The van der Waals surface area contributed by atoms with E-state index < -0.39 is 12.9 Å². The van der Waals surface area contributed by atoms with Gasteiger partial charge in [0.2, 0.25) is 12.9 Å². The molecule has 3 rings (SSSR count). The summed E-state index contributed by atoms with van der Waals surface area (Å²) >= 11 is 0. The Balaban J connectivity index is 0.000000205. The lowest BCUT2D eigenvalue weighted by molar-refractivity contribution is 0.295. The number of nitrogen functional groups attached to an aromatic ring is 1. The molecule has 0 bridgehead atoms. The van der Waals surface area contributed by atoms with Gasteiger partial charge in [-0.3, -0.25) is 0 Å². The van der Waals surface area contributed by atoms with Gasteiger partial charge in [0.05, 0.1) is 5.52 Å². The SMILES string of the molecule is C1CCCCC1.FCF.Nc1cc(F)nc2ccccc12. The molecule has 5 heteroatoms. The Bertz CT molecular complexity index is 516. The maximum absolute atomic E-state index is 12.7. The lowest BCUT2D eigenvalue weighted by Crippen LogP contribution is -1.91. The van der Waals surface area contributed by atoms with Gasteiger partial charge in [-0.15, -0.1) is 0 Å². The van der Waals surface area contributed by atoms with E-state index in [1.807, 2.05) is 12.1 Å². The number of benzene rings is 1. The fourth-order valence-electron chi connectivity index (χ4n) is 2.23. The number of fused-ring (bicyclic) bond motifs is 1. The first-order valence-corrected chi connectivity index (χ1v) is 7.11. The Kier molecular flexibility index (Phi) is 8.24. The van der Waals surface area contributed by atoms with Gasteiger partial charge in [0.1, 0.15) is 0 Å². The molecule has 0 unspecified atom stereocenters. The molecule has 1 heterocycles. The molecule has 1 fully saturated rings. The highest BCUT2D eigenvalue weighted by molar-refractivity contribution is 5.89. The van der Waals surface area contributed by atoms with Crippen LogP contribution in [0.3, 0.4) is 0 Å². The van der Waals surface area contributed by atoms with E-state index in [9.17, 15) is 13.2 Å². The van der Waals surface area contributed by atoms with Crippen LogP contribution in [0.1, 0.15) is 38.5 Å². The number of alkyl halides is 2. The Hall–Kier alpha value is -1.78. The van der Waals surface area contributed by atoms with Crippen LogP contribution in [0.25, 0.3) is 10.9 Å². The van der Waals surface area contributed by atoms with Crippen molar-refractivity contribution in [1.29, 1.82) is 0 Å². The van der Waals surface area contributed by atoms with Crippen molar-refractivity contribution in [2.45, 2.75) is 38.5 Å². The van der Waals surface area contributed by atoms with Crippen LogP contribution in [0.4, 0.5) is 18.9 Å². The van der Waals surface area contributed by atoms with E-state index in [-0.39, 0.29) is 0 Å². The zero-order chi connectivity index (χ0) is 15.5. The fraction of sp³-hybridized carbons (Fsp3) is 0.438. The minimum Gasteiger partial charge on any atom is -0.398 e. The summed E-state index contributed by atoms with van der Waals surface area (Å²) in [6.45, 7) is -1.75. The van der Waals surface area contributed by atoms with Crippen LogP contribution in [-0.4, -0.2) is 11.9 Å². The first-order chi connectivity index (χ1) is 10.2. The number of pyridine rings is 1. The van der Waals surface area contributed by atoms with Crippen molar-refractivity contribution in [2.24, 2.45) is 0 Å².